The molecule has 0 aromatic carbocycles. The Hall–Kier alpha value is -1.11. The Kier molecular flexibility index (Phi) is 8.88. The number of halogens is 1. The van der Waals surface area contributed by atoms with E-state index in [1.54, 1.807) is 4.68 Å². The molecule has 148 valence electrons. The van der Waals surface area contributed by atoms with E-state index in [1.165, 1.54) is 19.3 Å². The number of nitrogens with zero attached hydrogens (tertiary/aromatic N) is 4. The van der Waals surface area contributed by atoms with Crippen molar-refractivity contribution in [1.29, 1.82) is 0 Å². The Morgan fingerprint density at radius 1 is 1.19 bits per heavy atom. The van der Waals surface area contributed by atoms with E-state index in [-0.39, 0.29) is 12.5 Å². The molecule has 0 saturated carbocycles. The number of hydrogen-bond donors (Lipinski definition) is 0. The monoisotopic (exact) mass is 384 g/mol. The van der Waals surface area contributed by atoms with Crippen LogP contribution in [0.15, 0.2) is 0 Å². The first-order valence-electron chi connectivity index (χ1n) is 9.80. The first-order chi connectivity index (χ1) is 12.5. The number of amides is 1. The molecule has 0 radical (unpaired) electrons. The molecule has 1 fully saturated rings. The Morgan fingerprint density at radius 3 is 2.54 bits per heavy atom. The molecule has 1 saturated heterocycles. The highest BCUT2D eigenvalue weighted by Gasteiger charge is 2.19. The molecule has 1 aromatic heterocycles. The highest BCUT2D eigenvalue weighted by Crippen LogP contribution is 2.19. The van der Waals surface area contributed by atoms with Crippen LogP contribution in [-0.4, -0.2) is 71.4 Å². The van der Waals surface area contributed by atoms with Crippen LogP contribution in [0.2, 0.25) is 5.02 Å². The Labute approximate surface area is 162 Å². The van der Waals surface area contributed by atoms with Crippen molar-refractivity contribution in [2.75, 3.05) is 45.9 Å². The number of carbonyl (C=O) groups is 1. The second kappa shape index (κ2) is 10.9. The standard InChI is InChI=1S/C19H33ClN4O2/c1-4-5-6-7-8-23(10-9-22-11-13-26-14-12-22)18(25)15-24-17(3)19(20)16(2)21-24/h4-15H2,1-3H3. The van der Waals surface area contributed by atoms with E-state index in [9.17, 15) is 4.79 Å². The molecule has 26 heavy (non-hydrogen) atoms. The Morgan fingerprint density at radius 2 is 1.92 bits per heavy atom. The summed E-state index contributed by atoms with van der Waals surface area (Å²) in [6.45, 7) is 12.2. The molecule has 1 aromatic rings. The summed E-state index contributed by atoms with van der Waals surface area (Å²) in [5, 5.41) is 5.06. The molecule has 1 aliphatic heterocycles. The summed E-state index contributed by atoms with van der Waals surface area (Å²) in [5.74, 6) is 0.122. The van der Waals surface area contributed by atoms with Gasteiger partial charge < -0.3 is 9.64 Å². The van der Waals surface area contributed by atoms with Crippen molar-refractivity contribution in [3.05, 3.63) is 16.4 Å². The summed E-state index contributed by atoms with van der Waals surface area (Å²) in [7, 11) is 0. The summed E-state index contributed by atoms with van der Waals surface area (Å²) in [4.78, 5) is 17.3. The van der Waals surface area contributed by atoms with Crippen LogP contribution in [0.5, 0.6) is 0 Å². The number of unbranched alkanes of at least 4 members (excludes halogenated alkanes) is 3. The van der Waals surface area contributed by atoms with Crippen LogP contribution < -0.4 is 0 Å². The minimum absolute atomic E-state index is 0.122. The SMILES string of the molecule is CCCCCCN(CCN1CCOCC1)C(=O)Cn1nc(C)c(Cl)c1C. The molecule has 1 aliphatic rings. The van der Waals surface area contributed by atoms with Crippen LogP contribution in [0.3, 0.4) is 0 Å². The number of rotatable bonds is 10. The van der Waals surface area contributed by atoms with Gasteiger partial charge in [-0.25, -0.2) is 0 Å². The maximum atomic E-state index is 12.9. The van der Waals surface area contributed by atoms with Gasteiger partial charge in [-0.1, -0.05) is 37.8 Å². The predicted octanol–water partition coefficient (Wildman–Crippen LogP) is 2.89. The molecule has 0 unspecified atom stereocenters. The molecular weight excluding hydrogens is 352 g/mol. The zero-order valence-corrected chi connectivity index (χ0v) is 17.2. The molecule has 7 heteroatoms. The van der Waals surface area contributed by atoms with Gasteiger partial charge in [0.05, 0.1) is 29.6 Å². The lowest BCUT2D eigenvalue weighted by Gasteiger charge is -2.30. The number of morpholine rings is 1. The maximum Gasteiger partial charge on any atom is 0.244 e. The quantitative estimate of drug-likeness (QED) is 0.582. The lowest BCUT2D eigenvalue weighted by molar-refractivity contribution is -0.132. The van der Waals surface area contributed by atoms with Gasteiger partial charge in [-0.15, -0.1) is 0 Å². The van der Waals surface area contributed by atoms with Crippen LogP contribution in [0.25, 0.3) is 0 Å². The molecule has 0 spiro atoms. The summed E-state index contributed by atoms with van der Waals surface area (Å²) in [6.07, 6.45) is 4.65. The second-order valence-electron chi connectivity index (χ2n) is 7.04. The highest BCUT2D eigenvalue weighted by atomic mass is 35.5. The minimum Gasteiger partial charge on any atom is -0.379 e. The van der Waals surface area contributed by atoms with Crippen LogP contribution >= 0.6 is 11.6 Å². The minimum atomic E-state index is 0.122. The molecule has 0 bridgehead atoms. The fourth-order valence-electron chi connectivity index (χ4n) is 3.23. The van der Waals surface area contributed by atoms with Gasteiger partial charge in [-0.2, -0.15) is 5.10 Å². The van der Waals surface area contributed by atoms with Crippen molar-refractivity contribution in [1.82, 2.24) is 19.6 Å². The molecule has 1 amide bonds. The Balaban J connectivity index is 1.93. The molecule has 2 heterocycles. The first kappa shape index (κ1) is 21.2. The van der Waals surface area contributed by atoms with Crippen LogP contribution in [0.4, 0.5) is 0 Å². The molecule has 6 nitrogen and oxygen atoms in total. The number of aromatic nitrogens is 2. The number of hydrogen-bond acceptors (Lipinski definition) is 4. The molecule has 0 atom stereocenters. The first-order valence-corrected chi connectivity index (χ1v) is 10.2. The highest BCUT2D eigenvalue weighted by molar-refractivity contribution is 6.31. The maximum absolute atomic E-state index is 12.9. The smallest absolute Gasteiger partial charge is 0.244 e. The molecular formula is C19H33ClN4O2. The summed E-state index contributed by atoms with van der Waals surface area (Å²) >= 11 is 6.22. The van der Waals surface area contributed by atoms with Crippen molar-refractivity contribution < 1.29 is 9.53 Å². The van der Waals surface area contributed by atoms with E-state index in [4.69, 9.17) is 16.3 Å². The molecule has 0 aliphatic carbocycles. The van der Waals surface area contributed by atoms with E-state index in [1.807, 2.05) is 18.7 Å². The van der Waals surface area contributed by atoms with Gasteiger partial charge in [0.15, 0.2) is 0 Å². The third-order valence-corrected chi connectivity index (χ3v) is 5.55. The van der Waals surface area contributed by atoms with Gasteiger partial charge in [-0.3, -0.25) is 14.4 Å². The fourth-order valence-corrected chi connectivity index (χ4v) is 3.37. The number of carbonyl (C=O) groups excluding carboxylic acids is 1. The van der Waals surface area contributed by atoms with Crippen molar-refractivity contribution in [3.8, 4) is 0 Å². The van der Waals surface area contributed by atoms with Crippen molar-refractivity contribution in [2.45, 2.75) is 53.0 Å². The molecule has 2 rings (SSSR count). The van der Waals surface area contributed by atoms with Gasteiger partial charge in [0.25, 0.3) is 0 Å². The predicted molar refractivity (Wildman–Crippen MR) is 105 cm³/mol. The lowest BCUT2D eigenvalue weighted by Crippen LogP contribution is -2.44. The van der Waals surface area contributed by atoms with E-state index < -0.39 is 0 Å². The third-order valence-electron chi connectivity index (χ3n) is 5.00. The van der Waals surface area contributed by atoms with Gasteiger partial charge in [-0.05, 0) is 20.3 Å². The van der Waals surface area contributed by atoms with Gasteiger partial charge in [0.1, 0.15) is 6.54 Å². The van der Waals surface area contributed by atoms with E-state index in [0.29, 0.717) is 5.02 Å². The van der Waals surface area contributed by atoms with Gasteiger partial charge in [0, 0.05) is 32.7 Å². The molecule has 0 N–H and O–H groups in total. The summed E-state index contributed by atoms with van der Waals surface area (Å²) in [5.41, 5.74) is 1.64. The zero-order valence-electron chi connectivity index (χ0n) is 16.5. The largest absolute Gasteiger partial charge is 0.379 e. The Bertz CT molecular complexity index is 570. The summed E-state index contributed by atoms with van der Waals surface area (Å²) in [6, 6.07) is 0. The zero-order chi connectivity index (χ0) is 18.9. The van der Waals surface area contributed by atoms with Crippen LogP contribution in [-0.2, 0) is 16.1 Å². The van der Waals surface area contributed by atoms with E-state index in [2.05, 4.69) is 16.9 Å². The second-order valence-corrected chi connectivity index (χ2v) is 7.42. The average molecular weight is 385 g/mol. The summed E-state index contributed by atoms with van der Waals surface area (Å²) < 4.78 is 7.14. The third kappa shape index (κ3) is 6.25. The van der Waals surface area contributed by atoms with Gasteiger partial charge >= 0.3 is 0 Å². The number of ether oxygens (including phenoxy) is 1. The fraction of sp³-hybridized carbons (Fsp3) is 0.789. The van der Waals surface area contributed by atoms with Crippen molar-refractivity contribution >= 4 is 17.5 Å². The van der Waals surface area contributed by atoms with Crippen molar-refractivity contribution in [2.24, 2.45) is 0 Å². The van der Waals surface area contributed by atoms with Crippen molar-refractivity contribution in [3.63, 3.8) is 0 Å². The lowest BCUT2D eigenvalue weighted by atomic mass is 10.2. The topological polar surface area (TPSA) is 50.6 Å². The average Bonchev–Trinajstić information content (AvgIpc) is 2.88. The normalized spacial score (nSPS) is 15.4. The number of aryl methyl sites for hydroxylation is 1. The van der Waals surface area contributed by atoms with Gasteiger partial charge in [0.2, 0.25) is 5.91 Å². The van der Waals surface area contributed by atoms with E-state index in [0.717, 1.165) is 63.7 Å². The van der Waals surface area contributed by atoms with Crippen LogP contribution in [0, 0.1) is 13.8 Å². The van der Waals surface area contributed by atoms with Crippen LogP contribution in [0.1, 0.15) is 44.0 Å². The van der Waals surface area contributed by atoms with E-state index >= 15 is 0 Å².